The van der Waals surface area contributed by atoms with Crippen molar-refractivity contribution in [1.29, 1.82) is 0 Å². The van der Waals surface area contributed by atoms with Gasteiger partial charge in [0, 0.05) is 17.0 Å². The van der Waals surface area contributed by atoms with Crippen molar-refractivity contribution in [1.82, 2.24) is 0 Å². The van der Waals surface area contributed by atoms with E-state index in [1.807, 2.05) is 24.3 Å². The van der Waals surface area contributed by atoms with E-state index in [-0.39, 0.29) is 0 Å². The molecule has 27 heavy (non-hydrogen) atoms. The molecule has 2 aromatic carbocycles. The van der Waals surface area contributed by atoms with Crippen LogP contribution in [-0.2, 0) is 11.8 Å². The Labute approximate surface area is 175 Å². The third-order valence-corrected chi connectivity index (χ3v) is 5.59. The smallest absolute Gasteiger partial charge is 0.131 e. The summed E-state index contributed by atoms with van der Waals surface area (Å²) in [6.45, 7) is 7.60. The van der Waals surface area contributed by atoms with Crippen molar-refractivity contribution < 1.29 is 4.74 Å². The molecule has 2 aromatic rings. The zero-order chi connectivity index (χ0) is 19.6. The van der Waals surface area contributed by atoms with Gasteiger partial charge in [0.05, 0.1) is 12.5 Å². The highest BCUT2D eigenvalue weighted by atomic mass is 35.5. The average molecular weight is 407 g/mol. The maximum atomic E-state index is 6.31. The fourth-order valence-electron chi connectivity index (χ4n) is 3.35. The molecule has 0 saturated heterocycles. The maximum Gasteiger partial charge on any atom is 0.131 e. The monoisotopic (exact) mass is 406 g/mol. The highest BCUT2D eigenvalue weighted by Crippen LogP contribution is 2.38. The fraction of sp³-hybridized carbons (Fsp3) is 0.500. The minimum atomic E-state index is 0.432. The van der Waals surface area contributed by atoms with E-state index < -0.39 is 0 Å². The van der Waals surface area contributed by atoms with Gasteiger partial charge in [0.25, 0.3) is 0 Å². The third-order valence-electron chi connectivity index (χ3n) is 5.01. The number of alkyl halides is 2. The lowest BCUT2D eigenvalue weighted by Crippen LogP contribution is -2.07. The van der Waals surface area contributed by atoms with Gasteiger partial charge in [-0.25, -0.2) is 0 Å². The van der Waals surface area contributed by atoms with Gasteiger partial charge >= 0.3 is 0 Å². The number of halogens is 2. The van der Waals surface area contributed by atoms with Crippen LogP contribution in [0.25, 0.3) is 11.1 Å². The summed E-state index contributed by atoms with van der Waals surface area (Å²) >= 11 is 12.4. The Bertz CT molecular complexity index is 682. The van der Waals surface area contributed by atoms with E-state index in [0.29, 0.717) is 24.3 Å². The van der Waals surface area contributed by atoms with Crippen LogP contribution in [0.2, 0.25) is 0 Å². The van der Waals surface area contributed by atoms with Gasteiger partial charge in [-0.15, -0.1) is 23.2 Å². The SMILES string of the molecule is CC(C)CCCC(C)CCOc1c(CCl)ccc(CCl)c1-c1ccccc1. The van der Waals surface area contributed by atoms with Crippen LogP contribution in [0.5, 0.6) is 5.75 Å². The summed E-state index contributed by atoms with van der Waals surface area (Å²) in [5.41, 5.74) is 4.31. The second kappa shape index (κ2) is 11.6. The van der Waals surface area contributed by atoms with Crippen LogP contribution < -0.4 is 4.74 Å². The van der Waals surface area contributed by atoms with Crippen LogP contribution in [0.4, 0.5) is 0 Å². The Kier molecular flexibility index (Phi) is 9.51. The zero-order valence-corrected chi connectivity index (χ0v) is 18.3. The van der Waals surface area contributed by atoms with Crippen LogP contribution in [0.3, 0.4) is 0 Å². The largest absolute Gasteiger partial charge is 0.493 e. The number of ether oxygens (including phenoxy) is 1. The van der Waals surface area contributed by atoms with E-state index in [2.05, 4.69) is 39.0 Å². The summed E-state index contributed by atoms with van der Waals surface area (Å²) in [5.74, 6) is 3.23. The summed E-state index contributed by atoms with van der Waals surface area (Å²) < 4.78 is 6.31. The number of rotatable bonds is 11. The molecule has 0 amide bonds. The van der Waals surface area contributed by atoms with Gasteiger partial charge in [-0.05, 0) is 29.4 Å². The molecule has 148 valence electrons. The zero-order valence-electron chi connectivity index (χ0n) is 16.8. The fourth-order valence-corrected chi connectivity index (χ4v) is 3.78. The minimum absolute atomic E-state index is 0.432. The molecule has 3 heteroatoms. The molecule has 0 saturated carbocycles. The first kappa shape index (κ1) is 22.1. The number of hydrogen-bond donors (Lipinski definition) is 0. The lowest BCUT2D eigenvalue weighted by molar-refractivity contribution is 0.275. The van der Waals surface area contributed by atoms with E-state index in [1.165, 1.54) is 19.3 Å². The molecule has 0 bridgehead atoms. The first-order valence-electron chi connectivity index (χ1n) is 10.0. The Morgan fingerprint density at radius 1 is 0.815 bits per heavy atom. The van der Waals surface area contributed by atoms with E-state index in [9.17, 15) is 0 Å². The number of benzene rings is 2. The Balaban J connectivity index is 2.13. The van der Waals surface area contributed by atoms with Crippen LogP contribution in [0.15, 0.2) is 42.5 Å². The highest BCUT2D eigenvalue weighted by molar-refractivity contribution is 6.18. The van der Waals surface area contributed by atoms with E-state index >= 15 is 0 Å². The van der Waals surface area contributed by atoms with Crippen LogP contribution in [0.1, 0.15) is 57.6 Å². The Morgan fingerprint density at radius 2 is 1.48 bits per heavy atom. The van der Waals surface area contributed by atoms with Gasteiger partial charge in [0.2, 0.25) is 0 Å². The summed E-state index contributed by atoms with van der Waals surface area (Å²) in [6.07, 6.45) is 4.91. The molecule has 1 atom stereocenters. The van der Waals surface area contributed by atoms with Gasteiger partial charge in [-0.1, -0.05) is 82.5 Å². The van der Waals surface area contributed by atoms with Crippen molar-refractivity contribution in [2.75, 3.05) is 6.61 Å². The lowest BCUT2D eigenvalue weighted by atomic mass is 9.96. The Morgan fingerprint density at radius 3 is 2.11 bits per heavy atom. The van der Waals surface area contributed by atoms with Gasteiger partial charge in [0.15, 0.2) is 0 Å². The lowest BCUT2D eigenvalue weighted by Gasteiger charge is -2.19. The standard InChI is InChI=1S/C24H32Cl2O/c1-18(2)8-7-9-19(3)14-15-27-24-22(17-26)13-12-21(16-25)23(24)20-10-5-4-6-11-20/h4-6,10-13,18-19H,7-9,14-17H2,1-3H3. The second-order valence-electron chi connectivity index (χ2n) is 7.79. The van der Waals surface area contributed by atoms with Gasteiger partial charge in [0.1, 0.15) is 5.75 Å². The molecular formula is C24H32Cl2O. The molecule has 0 aliphatic rings. The average Bonchev–Trinajstić information content (AvgIpc) is 2.67. The van der Waals surface area contributed by atoms with Gasteiger partial charge < -0.3 is 4.74 Å². The predicted molar refractivity (Wildman–Crippen MR) is 119 cm³/mol. The molecule has 0 aromatic heterocycles. The van der Waals surface area contributed by atoms with Crippen molar-refractivity contribution in [3.05, 3.63) is 53.6 Å². The van der Waals surface area contributed by atoms with Gasteiger partial charge in [-0.2, -0.15) is 0 Å². The van der Waals surface area contributed by atoms with Crippen molar-refractivity contribution in [2.24, 2.45) is 11.8 Å². The van der Waals surface area contributed by atoms with Crippen molar-refractivity contribution in [3.8, 4) is 16.9 Å². The second-order valence-corrected chi connectivity index (χ2v) is 8.32. The molecule has 0 aliphatic heterocycles. The van der Waals surface area contributed by atoms with Crippen LogP contribution >= 0.6 is 23.2 Å². The topological polar surface area (TPSA) is 9.23 Å². The summed E-state index contributed by atoms with van der Waals surface area (Å²) in [7, 11) is 0. The molecule has 1 nitrogen and oxygen atoms in total. The molecule has 0 aliphatic carbocycles. The van der Waals surface area contributed by atoms with Crippen molar-refractivity contribution in [3.63, 3.8) is 0 Å². The summed E-state index contributed by atoms with van der Waals surface area (Å²) in [5, 5.41) is 0. The van der Waals surface area contributed by atoms with Crippen molar-refractivity contribution >= 4 is 23.2 Å². The minimum Gasteiger partial charge on any atom is -0.493 e. The third kappa shape index (κ3) is 6.73. The normalized spacial score (nSPS) is 12.4. The van der Waals surface area contributed by atoms with E-state index in [4.69, 9.17) is 27.9 Å². The van der Waals surface area contributed by atoms with Crippen LogP contribution in [0, 0.1) is 11.8 Å². The van der Waals surface area contributed by atoms with Gasteiger partial charge in [-0.3, -0.25) is 0 Å². The maximum absolute atomic E-state index is 6.31. The van der Waals surface area contributed by atoms with Crippen molar-refractivity contribution in [2.45, 2.75) is 58.2 Å². The molecule has 0 fully saturated rings. The first-order chi connectivity index (χ1) is 13.1. The molecule has 0 N–H and O–H groups in total. The number of hydrogen-bond acceptors (Lipinski definition) is 1. The van der Waals surface area contributed by atoms with E-state index in [0.717, 1.165) is 40.3 Å². The quantitative estimate of drug-likeness (QED) is 0.342. The molecule has 2 rings (SSSR count). The molecular weight excluding hydrogens is 375 g/mol. The first-order valence-corrected chi connectivity index (χ1v) is 11.1. The van der Waals surface area contributed by atoms with Crippen LogP contribution in [-0.4, -0.2) is 6.61 Å². The molecule has 1 unspecified atom stereocenters. The molecule has 0 radical (unpaired) electrons. The van der Waals surface area contributed by atoms with E-state index in [1.54, 1.807) is 0 Å². The predicted octanol–water partition coefficient (Wildman–Crippen LogP) is 8.06. The molecule has 0 spiro atoms. The summed E-state index contributed by atoms with van der Waals surface area (Å²) in [6, 6.07) is 14.4. The highest BCUT2D eigenvalue weighted by Gasteiger charge is 2.16. The molecule has 0 heterocycles. The summed E-state index contributed by atoms with van der Waals surface area (Å²) in [4.78, 5) is 0. The Hall–Kier alpha value is -1.18.